The van der Waals surface area contributed by atoms with Crippen molar-refractivity contribution in [2.24, 2.45) is 0 Å². The van der Waals surface area contributed by atoms with Crippen LogP contribution in [0.2, 0.25) is 0 Å². The van der Waals surface area contributed by atoms with Crippen LogP contribution in [0.5, 0.6) is 0 Å². The summed E-state index contributed by atoms with van der Waals surface area (Å²) in [5, 5.41) is 6.54. The minimum Gasteiger partial charge on any atom is -0.437 e. The highest BCUT2D eigenvalue weighted by atomic mass is 16.6. The van der Waals surface area contributed by atoms with Crippen LogP contribution in [-0.2, 0) is 10.2 Å². The first kappa shape index (κ1) is 14.7. The van der Waals surface area contributed by atoms with E-state index in [1.165, 1.54) is 4.90 Å². The third kappa shape index (κ3) is 2.49. The molecule has 22 heavy (non-hydrogen) atoms. The van der Waals surface area contributed by atoms with Crippen LogP contribution in [0.25, 0.3) is 0 Å². The van der Waals surface area contributed by atoms with Crippen molar-refractivity contribution in [2.45, 2.75) is 31.8 Å². The second kappa shape index (κ2) is 4.62. The first-order valence-electron chi connectivity index (χ1n) is 7.16. The molecule has 0 aliphatic carbocycles. The van der Waals surface area contributed by atoms with Crippen molar-refractivity contribution in [3.8, 4) is 0 Å². The molecule has 1 aromatic heterocycles. The summed E-state index contributed by atoms with van der Waals surface area (Å²) in [6, 6.07) is 1.45. The fraction of sp³-hybridized carbons (Fsp3) is 0.643. The van der Waals surface area contributed by atoms with Gasteiger partial charge in [-0.15, -0.1) is 0 Å². The highest BCUT2D eigenvalue weighted by molar-refractivity contribution is 5.89. The molecule has 8 nitrogen and oxygen atoms in total. The molecule has 0 bridgehead atoms. The van der Waals surface area contributed by atoms with Crippen molar-refractivity contribution in [2.75, 3.05) is 32.0 Å². The average molecular weight is 308 g/mol. The summed E-state index contributed by atoms with van der Waals surface area (Å²) in [4.78, 5) is 26.6. The second-order valence-corrected chi connectivity index (χ2v) is 7.02. The van der Waals surface area contributed by atoms with Gasteiger partial charge in [-0.05, 0) is 0 Å². The molecule has 2 aliphatic rings. The van der Waals surface area contributed by atoms with Gasteiger partial charge in [-0.3, -0.25) is 5.32 Å². The van der Waals surface area contributed by atoms with E-state index in [0.29, 0.717) is 31.2 Å². The summed E-state index contributed by atoms with van der Waals surface area (Å²) >= 11 is 0. The van der Waals surface area contributed by atoms with Crippen molar-refractivity contribution < 1.29 is 18.8 Å². The summed E-state index contributed by atoms with van der Waals surface area (Å²) < 4.78 is 10.5. The number of rotatable bonds is 1. The number of amides is 3. The number of carbonyl (C=O) groups is 2. The summed E-state index contributed by atoms with van der Waals surface area (Å²) in [5.41, 5.74) is -0.719. The van der Waals surface area contributed by atoms with Gasteiger partial charge in [0.1, 0.15) is 5.76 Å². The molecule has 8 heteroatoms. The third-order valence-corrected chi connectivity index (χ3v) is 3.87. The molecule has 3 rings (SSSR count). The standard InChI is InChI=1S/C14H20N4O4/c1-13(2,3)9-5-10(16-22-9)15-11(19)18-7-14(8-18)6-17(4)12(20)21-14/h5H,6-8H2,1-4H3,(H,15,16,19). The number of hydrogen-bond donors (Lipinski definition) is 1. The Bertz CT molecular complexity index is 613. The van der Waals surface area contributed by atoms with Crippen LogP contribution in [-0.4, -0.2) is 59.4 Å². The number of aromatic nitrogens is 1. The van der Waals surface area contributed by atoms with Crippen molar-refractivity contribution in [3.05, 3.63) is 11.8 Å². The summed E-state index contributed by atoms with van der Waals surface area (Å²) in [5.74, 6) is 1.09. The zero-order chi connectivity index (χ0) is 16.1. The molecular weight excluding hydrogens is 288 g/mol. The van der Waals surface area contributed by atoms with Gasteiger partial charge in [0, 0.05) is 18.5 Å². The van der Waals surface area contributed by atoms with E-state index < -0.39 is 5.60 Å². The lowest BCUT2D eigenvalue weighted by atomic mass is 9.93. The number of urea groups is 1. The van der Waals surface area contributed by atoms with Gasteiger partial charge in [-0.25, -0.2) is 9.59 Å². The zero-order valence-electron chi connectivity index (χ0n) is 13.2. The normalized spacial score (nSPS) is 20.1. The van der Waals surface area contributed by atoms with Gasteiger partial charge in [0.25, 0.3) is 0 Å². The lowest BCUT2D eigenvalue weighted by molar-refractivity contribution is -0.0488. The van der Waals surface area contributed by atoms with Crippen LogP contribution in [0.15, 0.2) is 10.6 Å². The predicted molar refractivity (Wildman–Crippen MR) is 77.6 cm³/mol. The Kier molecular flexibility index (Phi) is 3.08. The molecule has 2 fully saturated rings. The smallest absolute Gasteiger partial charge is 0.410 e. The number of likely N-dealkylation sites (tertiary alicyclic amines) is 1. The van der Waals surface area contributed by atoms with E-state index >= 15 is 0 Å². The number of nitrogens with zero attached hydrogens (tertiary/aromatic N) is 3. The largest absolute Gasteiger partial charge is 0.437 e. The Morgan fingerprint density at radius 1 is 1.36 bits per heavy atom. The molecule has 1 spiro atoms. The van der Waals surface area contributed by atoms with Crippen LogP contribution >= 0.6 is 0 Å². The van der Waals surface area contributed by atoms with Gasteiger partial charge in [0.2, 0.25) is 0 Å². The Morgan fingerprint density at radius 3 is 2.55 bits per heavy atom. The van der Waals surface area contributed by atoms with E-state index in [0.717, 1.165) is 0 Å². The molecule has 0 atom stereocenters. The number of nitrogens with one attached hydrogen (secondary N) is 1. The highest BCUT2D eigenvalue weighted by Gasteiger charge is 2.54. The lowest BCUT2D eigenvalue weighted by Crippen LogP contribution is -2.66. The second-order valence-electron chi connectivity index (χ2n) is 7.02. The molecule has 120 valence electrons. The maximum absolute atomic E-state index is 12.1. The Balaban J connectivity index is 1.56. The lowest BCUT2D eigenvalue weighted by Gasteiger charge is -2.44. The minimum atomic E-state index is -0.552. The Morgan fingerprint density at radius 2 is 2.05 bits per heavy atom. The van der Waals surface area contributed by atoms with Crippen LogP contribution in [0, 0.1) is 0 Å². The van der Waals surface area contributed by atoms with Gasteiger partial charge >= 0.3 is 12.1 Å². The van der Waals surface area contributed by atoms with Crippen LogP contribution in [0.1, 0.15) is 26.5 Å². The fourth-order valence-corrected chi connectivity index (χ4v) is 2.63. The molecule has 3 amide bonds. The highest BCUT2D eigenvalue weighted by Crippen LogP contribution is 2.32. The van der Waals surface area contributed by atoms with Gasteiger partial charge in [0.05, 0.1) is 19.6 Å². The van der Waals surface area contributed by atoms with E-state index in [2.05, 4.69) is 10.5 Å². The molecule has 3 heterocycles. The van der Waals surface area contributed by atoms with Crippen molar-refractivity contribution >= 4 is 17.9 Å². The van der Waals surface area contributed by atoms with Crippen molar-refractivity contribution in [1.82, 2.24) is 15.0 Å². The number of carbonyl (C=O) groups excluding carboxylic acids is 2. The number of likely N-dealkylation sites (N-methyl/N-ethyl adjacent to an activating group) is 1. The van der Waals surface area contributed by atoms with Crippen LogP contribution < -0.4 is 5.32 Å². The Labute approximate surface area is 128 Å². The minimum absolute atomic E-state index is 0.167. The summed E-state index contributed by atoms with van der Waals surface area (Å²) in [7, 11) is 1.68. The molecule has 0 aromatic carbocycles. The van der Waals surface area contributed by atoms with E-state index in [-0.39, 0.29) is 17.5 Å². The van der Waals surface area contributed by atoms with E-state index in [1.54, 1.807) is 18.0 Å². The van der Waals surface area contributed by atoms with Crippen molar-refractivity contribution in [3.63, 3.8) is 0 Å². The first-order chi connectivity index (χ1) is 10.2. The van der Waals surface area contributed by atoms with E-state index in [9.17, 15) is 9.59 Å². The third-order valence-electron chi connectivity index (χ3n) is 3.87. The molecule has 2 saturated heterocycles. The molecule has 1 aromatic rings. The molecule has 0 unspecified atom stereocenters. The number of ether oxygens (including phenoxy) is 1. The van der Waals surface area contributed by atoms with Gasteiger partial charge in [-0.2, -0.15) is 0 Å². The van der Waals surface area contributed by atoms with Crippen molar-refractivity contribution in [1.29, 1.82) is 0 Å². The van der Waals surface area contributed by atoms with E-state index in [1.807, 2.05) is 20.8 Å². The monoisotopic (exact) mass is 308 g/mol. The first-order valence-corrected chi connectivity index (χ1v) is 7.16. The van der Waals surface area contributed by atoms with Gasteiger partial charge in [0.15, 0.2) is 11.4 Å². The zero-order valence-corrected chi connectivity index (χ0v) is 13.2. The maximum Gasteiger partial charge on any atom is 0.410 e. The van der Waals surface area contributed by atoms with Gasteiger partial charge in [-0.1, -0.05) is 25.9 Å². The molecular formula is C14H20N4O4. The van der Waals surface area contributed by atoms with E-state index in [4.69, 9.17) is 9.26 Å². The molecule has 0 radical (unpaired) electrons. The SMILES string of the molecule is CN1CC2(CN(C(=O)Nc3cc(C(C)(C)C)on3)C2)OC1=O. The van der Waals surface area contributed by atoms with Crippen LogP contribution in [0.4, 0.5) is 15.4 Å². The molecule has 0 saturated carbocycles. The summed E-state index contributed by atoms with van der Waals surface area (Å²) in [6.45, 7) is 7.29. The van der Waals surface area contributed by atoms with Gasteiger partial charge < -0.3 is 19.1 Å². The Hall–Kier alpha value is -2.25. The fourth-order valence-electron chi connectivity index (χ4n) is 2.63. The summed E-state index contributed by atoms with van der Waals surface area (Å²) in [6.07, 6.45) is -0.341. The van der Waals surface area contributed by atoms with Crippen LogP contribution in [0.3, 0.4) is 0 Å². The maximum atomic E-state index is 12.1. The predicted octanol–water partition coefficient (Wildman–Crippen LogP) is 1.64. The molecule has 1 N–H and O–H groups in total. The molecule has 2 aliphatic heterocycles. The average Bonchev–Trinajstić information content (AvgIpc) is 2.93. The number of hydrogen-bond acceptors (Lipinski definition) is 5. The topological polar surface area (TPSA) is 87.9 Å². The number of anilines is 1. The quantitative estimate of drug-likeness (QED) is 0.852.